The summed E-state index contributed by atoms with van der Waals surface area (Å²) in [4.78, 5) is 7.32. The molecule has 1 aromatic heterocycles. The Balaban J connectivity index is 3.11. The topological polar surface area (TPSA) is 102 Å². The molecule has 0 amide bonds. The number of benzene rings is 1. The summed E-state index contributed by atoms with van der Waals surface area (Å²) in [5.74, 6) is -1.21. The van der Waals surface area contributed by atoms with E-state index in [9.17, 15) is 4.39 Å². The van der Waals surface area contributed by atoms with Crippen LogP contribution in [0.25, 0.3) is 10.9 Å². The van der Waals surface area contributed by atoms with Gasteiger partial charge in [0.05, 0.1) is 21.0 Å². The molecule has 17 heavy (non-hydrogen) atoms. The molecule has 0 fully saturated rings. The largest absolute Gasteiger partial charge is 0.383 e. The Bertz CT molecular complexity index is 680. The van der Waals surface area contributed by atoms with Gasteiger partial charge in [-0.15, -0.1) is 0 Å². The van der Waals surface area contributed by atoms with Crippen molar-refractivity contribution in [3.8, 4) is 6.07 Å². The second-order valence-electron chi connectivity index (χ2n) is 3.12. The lowest BCUT2D eigenvalue weighted by molar-refractivity contribution is 0.636. The summed E-state index contributed by atoms with van der Waals surface area (Å²) in [7, 11) is 0. The van der Waals surface area contributed by atoms with Gasteiger partial charge in [0.2, 0.25) is 5.95 Å². The number of aromatic nitrogens is 2. The van der Waals surface area contributed by atoms with Crippen LogP contribution in [-0.4, -0.2) is 9.97 Å². The molecule has 0 aliphatic carbocycles. The second-order valence-corrected chi connectivity index (χ2v) is 3.88. The number of nitriles is 1. The summed E-state index contributed by atoms with van der Waals surface area (Å²) in [5.41, 5.74) is 10.5. The molecule has 4 N–H and O–H groups in total. The fourth-order valence-electron chi connectivity index (χ4n) is 1.40. The summed E-state index contributed by atoms with van der Waals surface area (Å²) in [6, 6.07) is 1.69. The first-order valence-electron chi connectivity index (χ1n) is 4.26. The highest BCUT2D eigenvalue weighted by atomic mass is 35.5. The Morgan fingerprint density at radius 1 is 1.18 bits per heavy atom. The number of nitrogens with zero attached hydrogens (tertiary/aromatic N) is 3. The number of hydrogen-bond acceptors (Lipinski definition) is 5. The molecular formula is C9H4Cl2FN5. The average molecular weight is 272 g/mol. The number of fused-ring (bicyclic) bond motifs is 1. The van der Waals surface area contributed by atoms with E-state index in [2.05, 4.69) is 9.97 Å². The van der Waals surface area contributed by atoms with Gasteiger partial charge < -0.3 is 11.5 Å². The van der Waals surface area contributed by atoms with Crippen molar-refractivity contribution in [2.45, 2.75) is 0 Å². The summed E-state index contributed by atoms with van der Waals surface area (Å²) >= 11 is 11.6. The van der Waals surface area contributed by atoms with Crippen molar-refractivity contribution >= 4 is 45.9 Å². The van der Waals surface area contributed by atoms with Crippen LogP contribution >= 0.6 is 23.2 Å². The standard InChI is InChI=1S/C9H4Cl2FN5/c10-4-2(1-13)5(11)6(12)7-3(4)8(14)17-9(15)16-7/h(H4,14,15,16,17). The Hall–Kier alpha value is -1.84. The van der Waals surface area contributed by atoms with Gasteiger partial charge in [0.1, 0.15) is 17.4 Å². The first kappa shape index (κ1) is 11.6. The molecule has 0 unspecified atom stereocenters. The van der Waals surface area contributed by atoms with Crippen molar-refractivity contribution < 1.29 is 4.39 Å². The van der Waals surface area contributed by atoms with Crippen molar-refractivity contribution in [2.75, 3.05) is 11.5 Å². The van der Waals surface area contributed by atoms with E-state index >= 15 is 0 Å². The molecule has 5 nitrogen and oxygen atoms in total. The fourth-order valence-corrected chi connectivity index (χ4v) is 2.00. The molecule has 86 valence electrons. The van der Waals surface area contributed by atoms with Crippen molar-refractivity contribution in [1.82, 2.24) is 9.97 Å². The number of rotatable bonds is 0. The van der Waals surface area contributed by atoms with Crippen LogP contribution in [0, 0.1) is 17.1 Å². The van der Waals surface area contributed by atoms with E-state index < -0.39 is 10.8 Å². The normalized spacial score (nSPS) is 10.5. The summed E-state index contributed by atoms with van der Waals surface area (Å²) < 4.78 is 13.8. The molecule has 0 saturated heterocycles. The van der Waals surface area contributed by atoms with Gasteiger partial charge in [-0.05, 0) is 0 Å². The van der Waals surface area contributed by atoms with Gasteiger partial charge >= 0.3 is 0 Å². The Kier molecular flexibility index (Phi) is 2.65. The van der Waals surface area contributed by atoms with E-state index in [4.69, 9.17) is 39.9 Å². The molecule has 0 radical (unpaired) electrons. The summed E-state index contributed by atoms with van der Waals surface area (Å²) in [6.07, 6.45) is 0. The molecule has 1 heterocycles. The van der Waals surface area contributed by atoms with E-state index in [0.717, 1.165) is 0 Å². The predicted molar refractivity (Wildman–Crippen MR) is 63.1 cm³/mol. The third kappa shape index (κ3) is 1.60. The van der Waals surface area contributed by atoms with Gasteiger partial charge in [0.25, 0.3) is 0 Å². The van der Waals surface area contributed by atoms with E-state index in [1.54, 1.807) is 6.07 Å². The molecule has 2 rings (SSSR count). The average Bonchev–Trinajstić information content (AvgIpc) is 2.25. The highest BCUT2D eigenvalue weighted by Gasteiger charge is 2.21. The van der Waals surface area contributed by atoms with Gasteiger partial charge in [-0.25, -0.2) is 9.37 Å². The number of hydrogen-bond donors (Lipinski definition) is 2. The lowest BCUT2D eigenvalue weighted by Gasteiger charge is -2.08. The summed E-state index contributed by atoms with van der Waals surface area (Å²) in [5, 5.41) is 8.36. The van der Waals surface area contributed by atoms with Gasteiger partial charge in [-0.1, -0.05) is 23.2 Å². The maximum Gasteiger partial charge on any atom is 0.222 e. The molecular weight excluding hydrogens is 268 g/mol. The molecule has 0 spiro atoms. The maximum absolute atomic E-state index is 13.8. The predicted octanol–water partition coefficient (Wildman–Crippen LogP) is 2.11. The van der Waals surface area contributed by atoms with E-state index in [1.165, 1.54) is 0 Å². The van der Waals surface area contributed by atoms with Crippen LogP contribution in [0.2, 0.25) is 10.0 Å². The number of halogens is 3. The van der Waals surface area contributed by atoms with Crippen LogP contribution in [0.15, 0.2) is 0 Å². The quantitative estimate of drug-likeness (QED) is 0.715. The van der Waals surface area contributed by atoms with Crippen molar-refractivity contribution in [3.63, 3.8) is 0 Å². The van der Waals surface area contributed by atoms with Gasteiger partial charge in [0, 0.05) is 0 Å². The lowest BCUT2D eigenvalue weighted by Crippen LogP contribution is -2.03. The SMILES string of the molecule is N#Cc1c(Cl)c(F)c2nc(N)nc(N)c2c1Cl. The van der Waals surface area contributed by atoms with Gasteiger partial charge in [-0.3, -0.25) is 0 Å². The van der Waals surface area contributed by atoms with Crippen LogP contribution in [0.5, 0.6) is 0 Å². The van der Waals surface area contributed by atoms with Crippen LogP contribution in [0.1, 0.15) is 5.56 Å². The Morgan fingerprint density at radius 3 is 2.41 bits per heavy atom. The third-order valence-corrected chi connectivity index (χ3v) is 2.86. The third-order valence-electron chi connectivity index (χ3n) is 2.13. The van der Waals surface area contributed by atoms with Crippen LogP contribution in [0.4, 0.5) is 16.2 Å². The van der Waals surface area contributed by atoms with Crippen molar-refractivity contribution in [1.29, 1.82) is 5.26 Å². The lowest BCUT2D eigenvalue weighted by atomic mass is 10.1. The van der Waals surface area contributed by atoms with E-state index in [-0.39, 0.29) is 33.3 Å². The number of nitrogen functional groups attached to an aromatic ring is 2. The highest BCUT2D eigenvalue weighted by molar-refractivity contribution is 6.41. The zero-order valence-corrected chi connectivity index (χ0v) is 9.64. The van der Waals surface area contributed by atoms with Crippen LogP contribution in [0.3, 0.4) is 0 Å². The zero-order valence-electron chi connectivity index (χ0n) is 8.13. The first-order chi connectivity index (χ1) is 7.97. The summed E-state index contributed by atoms with van der Waals surface area (Å²) in [6.45, 7) is 0. The molecule has 8 heteroatoms. The molecule has 0 aliphatic rings. The molecule has 1 aromatic carbocycles. The van der Waals surface area contributed by atoms with Crippen LogP contribution < -0.4 is 11.5 Å². The molecule has 2 aromatic rings. The first-order valence-corrected chi connectivity index (χ1v) is 5.02. The minimum absolute atomic E-state index is 0.0271. The van der Waals surface area contributed by atoms with Gasteiger partial charge in [-0.2, -0.15) is 10.2 Å². The Morgan fingerprint density at radius 2 is 1.82 bits per heavy atom. The molecule has 0 saturated carbocycles. The number of anilines is 2. The minimum Gasteiger partial charge on any atom is -0.383 e. The van der Waals surface area contributed by atoms with Gasteiger partial charge in [0.15, 0.2) is 5.82 Å². The van der Waals surface area contributed by atoms with E-state index in [1.807, 2.05) is 0 Å². The van der Waals surface area contributed by atoms with E-state index in [0.29, 0.717) is 0 Å². The smallest absolute Gasteiger partial charge is 0.222 e. The minimum atomic E-state index is -0.900. The molecule has 0 aliphatic heterocycles. The fraction of sp³-hybridized carbons (Fsp3) is 0. The number of nitrogens with two attached hydrogens (primary N) is 2. The molecule has 0 bridgehead atoms. The zero-order chi connectivity index (χ0) is 12.7. The molecule has 0 atom stereocenters. The monoisotopic (exact) mass is 271 g/mol. The van der Waals surface area contributed by atoms with Crippen molar-refractivity contribution in [3.05, 3.63) is 21.4 Å². The Labute approximate surface area is 105 Å². The van der Waals surface area contributed by atoms with Crippen LogP contribution in [-0.2, 0) is 0 Å². The second kappa shape index (κ2) is 3.87. The van der Waals surface area contributed by atoms with Crippen molar-refractivity contribution in [2.24, 2.45) is 0 Å². The maximum atomic E-state index is 13.8. The highest BCUT2D eigenvalue weighted by Crippen LogP contribution is 2.37.